The molecule has 2 atom stereocenters. The summed E-state index contributed by atoms with van der Waals surface area (Å²) < 4.78 is 0. The Labute approximate surface area is 119 Å². The van der Waals surface area contributed by atoms with Crippen LogP contribution in [0, 0.1) is 23.7 Å². The van der Waals surface area contributed by atoms with Crippen molar-refractivity contribution in [1.82, 2.24) is 10.2 Å². The first-order valence-corrected chi connectivity index (χ1v) is 7.91. The summed E-state index contributed by atoms with van der Waals surface area (Å²) in [4.78, 5) is 14.8. The molecule has 1 N–H and O–H groups in total. The van der Waals surface area contributed by atoms with Gasteiger partial charge in [-0.3, -0.25) is 4.79 Å². The number of hydrogen-bond acceptors (Lipinski definition) is 2. The molecule has 0 saturated carbocycles. The van der Waals surface area contributed by atoms with Crippen LogP contribution in [0.25, 0.3) is 0 Å². The van der Waals surface area contributed by atoms with Gasteiger partial charge in [-0.1, -0.05) is 34.6 Å². The minimum Gasteiger partial charge on any atom is -0.342 e. The molecule has 2 unspecified atom stereocenters. The molecule has 19 heavy (non-hydrogen) atoms. The van der Waals surface area contributed by atoms with Crippen LogP contribution in [-0.2, 0) is 4.79 Å². The van der Waals surface area contributed by atoms with E-state index in [9.17, 15) is 4.79 Å². The minimum absolute atomic E-state index is 0.194. The van der Waals surface area contributed by atoms with E-state index in [-0.39, 0.29) is 5.92 Å². The minimum atomic E-state index is 0.194. The number of amides is 1. The summed E-state index contributed by atoms with van der Waals surface area (Å²) in [5.41, 5.74) is 0. The van der Waals surface area contributed by atoms with Crippen LogP contribution in [0.15, 0.2) is 0 Å². The van der Waals surface area contributed by atoms with Gasteiger partial charge in [0.05, 0.1) is 5.92 Å². The largest absolute Gasteiger partial charge is 0.342 e. The molecule has 1 amide bonds. The molecule has 0 aliphatic carbocycles. The number of carbonyl (C=O) groups is 1. The molecule has 0 radical (unpaired) electrons. The maximum Gasteiger partial charge on any atom is 0.227 e. The molecule has 0 spiro atoms. The zero-order chi connectivity index (χ0) is 14.4. The first-order valence-electron chi connectivity index (χ1n) is 7.91. The molecule has 1 rings (SSSR count). The van der Waals surface area contributed by atoms with E-state index in [4.69, 9.17) is 0 Å². The lowest BCUT2D eigenvalue weighted by molar-refractivity contribution is -0.136. The van der Waals surface area contributed by atoms with Crippen LogP contribution in [0.5, 0.6) is 0 Å². The van der Waals surface area contributed by atoms with E-state index in [0.717, 1.165) is 39.0 Å². The fraction of sp³-hybridized carbons (Fsp3) is 0.938. The molecular formula is C16H32N2O. The molecule has 0 bridgehead atoms. The third-order valence-electron chi connectivity index (χ3n) is 4.10. The SMILES string of the molecule is CC(C)CCN(CCC(C)C)C(=O)C1CNCC1C. The van der Waals surface area contributed by atoms with Crippen molar-refractivity contribution < 1.29 is 4.79 Å². The van der Waals surface area contributed by atoms with Crippen LogP contribution in [-0.4, -0.2) is 37.0 Å². The first kappa shape index (κ1) is 16.5. The molecule has 0 aromatic carbocycles. The Morgan fingerprint density at radius 3 is 2.00 bits per heavy atom. The number of rotatable bonds is 7. The summed E-state index contributed by atoms with van der Waals surface area (Å²) in [5, 5.41) is 3.34. The fourth-order valence-electron chi connectivity index (χ4n) is 2.54. The molecule has 0 aromatic rings. The number of hydrogen-bond donors (Lipinski definition) is 1. The molecular weight excluding hydrogens is 236 g/mol. The van der Waals surface area contributed by atoms with Gasteiger partial charge in [0.25, 0.3) is 0 Å². The van der Waals surface area contributed by atoms with Gasteiger partial charge in [-0.15, -0.1) is 0 Å². The fourth-order valence-corrected chi connectivity index (χ4v) is 2.54. The number of carbonyl (C=O) groups excluding carboxylic acids is 1. The predicted molar refractivity (Wildman–Crippen MR) is 81.0 cm³/mol. The Kier molecular flexibility index (Phi) is 6.84. The van der Waals surface area contributed by atoms with E-state index in [1.165, 1.54) is 0 Å². The normalized spacial score (nSPS) is 23.3. The van der Waals surface area contributed by atoms with Crippen molar-refractivity contribution in [1.29, 1.82) is 0 Å². The molecule has 1 aliphatic rings. The van der Waals surface area contributed by atoms with Crippen molar-refractivity contribution in [2.45, 2.75) is 47.5 Å². The highest BCUT2D eigenvalue weighted by Gasteiger charge is 2.32. The van der Waals surface area contributed by atoms with Crippen LogP contribution in [0.2, 0.25) is 0 Å². The van der Waals surface area contributed by atoms with Crippen molar-refractivity contribution >= 4 is 5.91 Å². The second-order valence-corrected chi connectivity index (χ2v) is 6.93. The van der Waals surface area contributed by atoms with Gasteiger partial charge in [0.15, 0.2) is 0 Å². The quantitative estimate of drug-likeness (QED) is 0.770. The van der Waals surface area contributed by atoms with Gasteiger partial charge < -0.3 is 10.2 Å². The second kappa shape index (κ2) is 7.88. The van der Waals surface area contributed by atoms with Crippen molar-refractivity contribution in [3.05, 3.63) is 0 Å². The van der Waals surface area contributed by atoms with E-state index in [2.05, 4.69) is 44.8 Å². The Hall–Kier alpha value is -0.570. The Morgan fingerprint density at radius 1 is 1.11 bits per heavy atom. The van der Waals surface area contributed by atoms with Crippen molar-refractivity contribution in [2.75, 3.05) is 26.2 Å². The summed E-state index contributed by atoms with van der Waals surface area (Å²) in [7, 11) is 0. The molecule has 3 nitrogen and oxygen atoms in total. The second-order valence-electron chi connectivity index (χ2n) is 6.93. The monoisotopic (exact) mass is 268 g/mol. The van der Waals surface area contributed by atoms with Crippen molar-refractivity contribution in [3.8, 4) is 0 Å². The summed E-state index contributed by atoms with van der Waals surface area (Å²) >= 11 is 0. The highest BCUT2D eigenvalue weighted by molar-refractivity contribution is 5.79. The van der Waals surface area contributed by atoms with E-state index in [1.807, 2.05) is 0 Å². The summed E-state index contributed by atoms with van der Waals surface area (Å²) in [6.45, 7) is 14.8. The maximum absolute atomic E-state index is 12.7. The lowest BCUT2D eigenvalue weighted by Gasteiger charge is -2.28. The molecule has 1 aliphatic heterocycles. The predicted octanol–water partition coefficient (Wildman–Crippen LogP) is 2.76. The maximum atomic E-state index is 12.7. The zero-order valence-electron chi connectivity index (χ0n) is 13.4. The van der Waals surface area contributed by atoms with Gasteiger partial charge in [-0.25, -0.2) is 0 Å². The zero-order valence-corrected chi connectivity index (χ0v) is 13.4. The van der Waals surface area contributed by atoms with Gasteiger partial charge in [-0.2, -0.15) is 0 Å². The average Bonchev–Trinajstić information content (AvgIpc) is 2.74. The first-order chi connectivity index (χ1) is 8.91. The van der Waals surface area contributed by atoms with Gasteiger partial charge in [0, 0.05) is 19.6 Å². The smallest absolute Gasteiger partial charge is 0.227 e. The highest BCUT2D eigenvalue weighted by atomic mass is 16.2. The van der Waals surface area contributed by atoms with E-state index in [0.29, 0.717) is 23.7 Å². The molecule has 112 valence electrons. The third kappa shape index (κ3) is 5.52. The van der Waals surface area contributed by atoms with Crippen LogP contribution < -0.4 is 5.32 Å². The van der Waals surface area contributed by atoms with Gasteiger partial charge >= 0.3 is 0 Å². The average molecular weight is 268 g/mol. The van der Waals surface area contributed by atoms with Crippen LogP contribution >= 0.6 is 0 Å². The summed E-state index contributed by atoms with van der Waals surface area (Å²) in [5.74, 6) is 2.37. The summed E-state index contributed by atoms with van der Waals surface area (Å²) in [6, 6.07) is 0. The lowest BCUT2D eigenvalue weighted by Crippen LogP contribution is -2.40. The third-order valence-corrected chi connectivity index (χ3v) is 4.10. The Morgan fingerprint density at radius 2 is 1.63 bits per heavy atom. The molecule has 1 saturated heterocycles. The summed E-state index contributed by atoms with van der Waals surface area (Å²) in [6.07, 6.45) is 2.22. The highest BCUT2D eigenvalue weighted by Crippen LogP contribution is 2.20. The number of nitrogens with one attached hydrogen (secondary N) is 1. The molecule has 3 heteroatoms. The number of nitrogens with zero attached hydrogens (tertiary/aromatic N) is 1. The molecule has 0 aromatic heterocycles. The lowest BCUT2D eigenvalue weighted by atomic mass is 9.96. The van der Waals surface area contributed by atoms with E-state index in [1.54, 1.807) is 0 Å². The van der Waals surface area contributed by atoms with Crippen LogP contribution in [0.4, 0.5) is 0 Å². The van der Waals surface area contributed by atoms with E-state index < -0.39 is 0 Å². The van der Waals surface area contributed by atoms with Crippen molar-refractivity contribution in [3.63, 3.8) is 0 Å². The molecule has 1 heterocycles. The Balaban J connectivity index is 2.57. The Bertz CT molecular complexity index is 264. The topological polar surface area (TPSA) is 32.3 Å². The standard InChI is InChI=1S/C16H32N2O/c1-12(2)6-8-18(9-7-13(3)4)16(19)15-11-17-10-14(15)5/h12-15,17H,6-11H2,1-5H3. The van der Waals surface area contributed by atoms with Crippen molar-refractivity contribution in [2.24, 2.45) is 23.7 Å². The van der Waals surface area contributed by atoms with Crippen LogP contribution in [0.3, 0.4) is 0 Å². The van der Waals surface area contributed by atoms with Gasteiger partial charge in [-0.05, 0) is 37.1 Å². The van der Waals surface area contributed by atoms with Gasteiger partial charge in [0.1, 0.15) is 0 Å². The van der Waals surface area contributed by atoms with Crippen LogP contribution in [0.1, 0.15) is 47.5 Å². The molecule has 1 fully saturated rings. The van der Waals surface area contributed by atoms with Gasteiger partial charge in [0.2, 0.25) is 5.91 Å². The van der Waals surface area contributed by atoms with E-state index >= 15 is 0 Å².